The Labute approximate surface area is 170 Å². The number of hydrogen-bond donors (Lipinski definition) is 1. The van der Waals surface area contributed by atoms with Crippen LogP contribution in [0.2, 0.25) is 0 Å². The van der Waals surface area contributed by atoms with Gasteiger partial charge in [0.1, 0.15) is 0 Å². The average Bonchev–Trinajstić information content (AvgIpc) is 3.11. The third-order valence-corrected chi connectivity index (χ3v) is 4.89. The second kappa shape index (κ2) is 8.61. The highest BCUT2D eigenvalue weighted by Gasteiger charge is 2.14. The lowest BCUT2D eigenvalue weighted by atomic mass is 10.1. The molecule has 0 aliphatic heterocycles. The molecule has 0 aliphatic rings. The van der Waals surface area contributed by atoms with Gasteiger partial charge in [-0.1, -0.05) is 48.5 Å². The molecule has 1 N–H and O–H groups in total. The second-order valence-corrected chi connectivity index (χ2v) is 6.86. The van der Waals surface area contributed by atoms with Gasteiger partial charge < -0.3 is 14.6 Å². The standard InChI is InChI=1S/C24H23N3O2/c1-29-23(28)19-14-15-22-21(17-19)26-24(25-20-12-6-3-7-13-20)27(22)16-8-11-18-9-4-2-5-10-18/h2-7,9-10,12-15,17H,8,11,16H2,1H3,(H,25,26). The van der Waals surface area contributed by atoms with Gasteiger partial charge in [-0.05, 0) is 48.7 Å². The SMILES string of the molecule is COC(=O)c1ccc2c(c1)nc(Nc1ccccc1)n2CCCc1ccccc1. The molecule has 1 heterocycles. The van der Waals surface area contributed by atoms with Crippen LogP contribution in [0.3, 0.4) is 0 Å². The third kappa shape index (κ3) is 4.29. The maximum atomic E-state index is 11.9. The monoisotopic (exact) mass is 385 g/mol. The smallest absolute Gasteiger partial charge is 0.337 e. The number of carbonyl (C=O) groups is 1. The Morgan fingerprint density at radius 1 is 1.00 bits per heavy atom. The molecular formula is C24H23N3O2. The fourth-order valence-corrected chi connectivity index (χ4v) is 3.43. The topological polar surface area (TPSA) is 56.1 Å². The molecule has 0 fully saturated rings. The molecule has 5 heteroatoms. The maximum Gasteiger partial charge on any atom is 0.337 e. The van der Waals surface area contributed by atoms with Crippen molar-refractivity contribution in [2.24, 2.45) is 0 Å². The zero-order chi connectivity index (χ0) is 20.1. The van der Waals surface area contributed by atoms with Gasteiger partial charge in [0.2, 0.25) is 5.95 Å². The lowest BCUT2D eigenvalue weighted by Crippen LogP contribution is -2.05. The van der Waals surface area contributed by atoms with Crippen LogP contribution in [0.1, 0.15) is 22.3 Å². The van der Waals surface area contributed by atoms with E-state index in [0.717, 1.165) is 42.1 Å². The van der Waals surface area contributed by atoms with E-state index in [2.05, 4.69) is 34.1 Å². The highest BCUT2D eigenvalue weighted by atomic mass is 16.5. The van der Waals surface area contributed by atoms with Crippen LogP contribution in [0, 0.1) is 0 Å². The van der Waals surface area contributed by atoms with Gasteiger partial charge in [-0.3, -0.25) is 0 Å². The Balaban J connectivity index is 1.64. The van der Waals surface area contributed by atoms with E-state index in [1.807, 2.05) is 42.5 Å². The third-order valence-electron chi connectivity index (χ3n) is 4.89. The van der Waals surface area contributed by atoms with Crippen LogP contribution in [-0.4, -0.2) is 22.6 Å². The molecule has 0 bridgehead atoms. The zero-order valence-electron chi connectivity index (χ0n) is 16.3. The quantitative estimate of drug-likeness (QED) is 0.444. The normalized spacial score (nSPS) is 10.8. The Kier molecular flexibility index (Phi) is 5.56. The van der Waals surface area contributed by atoms with Crippen LogP contribution >= 0.6 is 0 Å². The molecule has 29 heavy (non-hydrogen) atoms. The number of benzene rings is 3. The molecule has 146 valence electrons. The van der Waals surface area contributed by atoms with Gasteiger partial charge in [0, 0.05) is 12.2 Å². The number of ether oxygens (including phenoxy) is 1. The zero-order valence-corrected chi connectivity index (χ0v) is 16.3. The molecule has 0 spiro atoms. The minimum Gasteiger partial charge on any atom is -0.465 e. The second-order valence-electron chi connectivity index (χ2n) is 6.86. The molecule has 0 amide bonds. The maximum absolute atomic E-state index is 11.9. The molecule has 0 saturated carbocycles. The van der Waals surface area contributed by atoms with Crippen LogP contribution in [0.4, 0.5) is 11.6 Å². The number of nitrogens with one attached hydrogen (secondary N) is 1. The minimum absolute atomic E-state index is 0.358. The van der Waals surface area contributed by atoms with Gasteiger partial charge in [0.25, 0.3) is 0 Å². The van der Waals surface area contributed by atoms with Crippen LogP contribution in [0.15, 0.2) is 78.9 Å². The van der Waals surface area contributed by atoms with Crippen molar-refractivity contribution >= 4 is 28.6 Å². The van der Waals surface area contributed by atoms with Gasteiger partial charge in [0.15, 0.2) is 0 Å². The Morgan fingerprint density at radius 2 is 1.72 bits per heavy atom. The molecule has 3 aromatic carbocycles. The Morgan fingerprint density at radius 3 is 2.45 bits per heavy atom. The summed E-state index contributed by atoms with van der Waals surface area (Å²) in [7, 11) is 1.39. The summed E-state index contributed by atoms with van der Waals surface area (Å²) in [6.07, 6.45) is 1.98. The molecule has 0 unspecified atom stereocenters. The van der Waals surface area contributed by atoms with Gasteiger partial charge in [-0.15, -0.1) is 0 Å². The summed E-state index contributed by atoms with van der Waals surface area (Å²) in [5, 5.41) is 3.41. The number of para-hydroxylation sites is 1. The van der Waals surface area contributed by atoms with E-state index in [-0.39, 0.29) is 5.97 Å². The lowest BCUT2D eigenvalue weighted by molar-refractivity contribution is 0.0601. The van der Waals surface area contributed by atoms with Crippen LogP contribution in [0.25, 0.3) is 11.0 Å². The van der Waals surface area contributed by atoms with Crippen LogP contribution < -0.4 is 5.32 Å². The number of anilines is 2. The van der Waals surface area contributed by atoms with Crippen molar-refractivity contribution in [3.63, 3.8) is 0 Å². The van der Waals surface area contributed by atoms with Crippen molar-refractivity contribution in [1.29, 1.82) is 0 Å². The van der Waals surface area contributed by atoms with Crippen molar-refractivity contribution in [3.05, 3.63) is 90.0 Å². The van der Waals surface area contributed by atoms with E-state index < -0.39 is 0 Å². The van der Waals surface area contributed by atoms with E-state index in [1.54, 1.807) is 12.1 Å². The first-order chi connectivity index (χ1) is 14.2. The van der Waals surface area contributed by atoms with Crippen LogP contribution in [-0.2, 0) is 17.7 Å². The van der Waals surface area contributed by atoms with Gasteiger partial charge in [-0.2, -0.15) is 0 Å². The Hall–Kier alpha value is -3.60. The number of aromatic nitrogens is 2. The summed E-state index contributed by atoms with van der Waals surface area (Å²) < 4.78 is 7.02. The highest BCUT2D eigenvalue weighted by Crippen LogP contribution is 2.25. The fourth-order valence-electron chi connectivity index (χ4n) is 3.43. The number of esters is 1. The molecule has 1 aromatic heterocycles. The first-order valence-corrected chi connectivity index (χ1v) is 9.69. The van der Waals surface area contributed by atoms with Crippen molar-refractivity contribution in [3.8, 4) is 0 Å². The van der Waals surface area contributed by atoms with Crippen molar-refractivity contribution < 1.29 is 9.53 Å². The summed E-state index contributed by atoms with van der Waals surface area (Å²) >= 11 is 0. The predicted molar refractivity (Wildman–Crippen MR) is 116 cm³/mol. The fraction of sp³-hybridized carbons (Fsp3) is 0.167. The number of aryl methyl sites for hydroxylation is 2. The molecular weight excluding hydrogens is 362 g/mol. The summed E-state index contributed by atoms with van der Waals surface area (Å²) in [6, 6.07) is 26.0. The number of nitrogens with zero attached hydrogens (tertiary/aromatic N) is 2. The summed E-state index contributed by atoms with van der Waals surface area (Å²) in [5.41, 5.74) is 4.55. The molecule has 0 atom stereocenters. The molecule has 5 nitrogen and oxygen atoms in total. The van der Waals surface area contributed by atoms with Crippen LogP contribution in [0.5, 0.6) is 0 Å². The number of methoxy groups -OCH3 is 1. The number of rotatable bonds is 7. The van der Waals surface area contributed by atoms with Crippen molar-refractivity contribution in [2.45, 2.75) is 19.4 Å². The minimum atomic E-state index is -0.358. The van der Waals surface area contributed by atoms with E-state index >= 15 is 0 Å². The number of imidazole rings is 1. The number of fused-ring (bicyclic) bond motifs is 1. The summed E-state index contributed by atoms with van der Waals surface area (Å²) in [6.45, 7) is 0.818. The van der Waals surface area contributed by atoms with E-state index in [0.29, 0.717) is 5.56 Å². The summed E-state index contributed by atoms with van der Waals surface area (Å²) in [5.74, 6) is 0.407. The molecule has 4 rings (SSSR count). The summed E-state index contributed by atoms with van der Waals surface area (Å²) in [4.78, 5) is 16.7. The van der Waals surface area contributed by atoms with Crippen molar-refractivity contribution in [1.82, 2.24) is 9.55 Å². The largest absolute Gasteiger partial charge is 0.465 e. The van der Waals surface area contributed by atoms with Gasteiger partial charge in [-0.25, -0.2) is 9.78 Å². The molecule has 0 aliphatic carbocycles. The molecule has 0 radical (unpaired) electrons. The van der Waals surface area contributed by atoms with E-state index in [1.165, 1.54) is 12.7 Å². The van der Waals surface area contributed by atoms with Crippen molar-refractivity contribution in [2.75, 3.05) is 12.4 Å². The first-order valence-electron chi connectivity index (χ1n) is 9.69. The molecule has 0 saturated heterocycles. The van der Waals surface area contributed by atoms with Gasteiger partial charge in [0.05, 0.1) is 23.7 Å². The highest BCUT2D eigenvalue weighted by molar-refractivity contribution is 5.94. The number of hydrogen-bond acceptors (Lipinski definition) is 4. The number of carbonyl (C=O) groups excluding carboxylic acids is 1. The Bertz CT molecular complexity index is 1110. The first kappa shape index (κ1) is 18.7. The van der Waals surface area contributed by atoms with E-state index in [4.69, 9.17) is 9.72 Å². The predicted octanol–water partition coefficient (Wildman–Crippen LogP) is 5.20. The van der Waals surface area contributed by atoms with E-state index in [9.17, 15) is 4.79 Å². The van der Waals surface area contributed by atoms with Gasteiger partial charge >= 0.3 is 5.97 Å². The molecule has 4 aromatic rings. The average molecular weight is 385 g/mol. The lowest BCUT2D eigenvalue weighted by Gasteiger charge is -2.11.